The molecule has 0 radical (unpaired) electrons. The molecular weight excluding hydrogens is 516 g/mol. The summed E-state index contributed by atoms with van der Waals surface area (Å²) in [4.78, 5) is 33.3. The molecule has 2 amide bonds. The molecule has 2 saturated heterocycles. The van der Waals surface area contributed by atoms with Crippen LogP contribution in [0.1, 0.15) is 35.7 Å². The van der Waals surface area contributed by atoms with Crippen molar-refractivity contribution in [1.82, 2.24) is 10.4 Å². The molecule has 2 aliphatic heterocycles. The summed E-state index contributed by atoms with van der Waals surface area (Å²) in [5.74, 6) is -1.000. The van der Waals surface area contributed by atoms with Gasteiger partial charge in [-0.1, -0.05) is 18.2 Å². The van der Waals surface area contributed by atoms with Crippen LogP contribution in [0, 0.1) is 5.92 Å². The fourth-order valence-corrected chi connectivity index (χ4v) is 5.52. The highest BCUT2D eigenvalue weighted by molar-refractivity contribution is 5.97. The maximum atomic E-state index is 13.1. The molecule has 2 aromatic carbocycles. The van der Waals surface area contributed by atoms with Crippen LogP contribution in [0.2, 0.25) is 0 Å². The summed E-state index contributed by atoms with van der Waals surface area (Å²) < 4.78 is 11.5. The lowest BCUT2D eigenvalue weighted by Crippen LogP contribution is -2.47. The molecule has 2 heterocycles. The van der Waals surface area contributed by atoms with E-state index < -0.39 is 30.1 Å². The number of primary amides is 1. The van der Waals surface area contributed by atoms with Crippen molar-refractivity contribution >= 4 is 17.5 Å². The zero-order valence-corrected chi connectivity index (χ0v) is 23.5. The summed E-state index contributed by atoms with van der Waals surface area (Å²) in [6.45, 7) is 2.47. The minimum atomic E-state index is -0.943. The molecule has 0 saturated carbocycles. The lowest BCUT2D eigenvalue weighted by Gasteiger charge is -2.25. The Balaban J connectivity index is 1.66. The number of aliphatic hydroxyl groups is 2. The number of hydrogen-bond acceptors (Lipinski definition) is 9. The van der Waals surface area contributed by atoms with Crippen molar-refractivity contribution in [2.24, 2.45) is 11.7 Å². The molecular formula is C29H40N4O7. The van der Waals surface area contributed by atoms with Gasteiger partial charge in [0.2, 0.25) is 5.91 Å². The predicted octanol–water partition coefficient (Wildman–Crippen LogP) is 1.30. The van der Waals surface area contributed by atoms with Gasteiger partial charge in [-0.2, -0.15) is 5.06 Å². The second-order valence-electron chi connectivity index (χ2n) is 10.6. The van der Waals surface area contributed by atoms with Crippen LogP contribution < -0.4 is 20.7 Å². The summed E-state index contributed by atoms with van der Waals surface area (Å²) in [6, 6.07) is 10.3. The third-order valence-electron chi connectivity index (χ3n) is 7.55. The summed E-state index contributed by atoms with van der Waals surface area (Å²) in [5, 5.41) is 24.5. The Labute approximate surface area is 234 Å². The summed E-state index contributed by atoms with van der Waals surface area (Å²) in [6.07, 6.45) is 0.264. The van der Waals surface area contributed by atoms with Gasteiger partial charge in [0.1, 0.15) is 17.9 Å². The van der Waals surface area contributed by atoms with Gasteiger partial charge < -0.3 is 35.6 Å². The molecule has 218 valence electrons. The van der Waals surface area contributed by atoms with Gasteiger partial charge >= 0.3 is 0 Å². The van der Waals surface area contributed by atoms with Crippen LogP contribution in [0.3, 0.4) is 0 Å². The van der Waals surface area contributed by atoms with Crippen molar-refractivity contribution in [3.05, 3.63) is 47.5 Å². The lowest BCUT2D eigenvalue weighted by molar-refractivity contribution is -0.181. The Morgan fingerprint density at radius 1 is 1.27 bits per heavy atom. The molecule has 0 bridgehead atoms. The van der Waals surface area contributed by atoms with Crippen LogP contribution in [0.4, 0.5) is 5.69 Å². The number of amides is 2. The first-order valence-electron chi connectivity index (χ1n) is 13.5. The van der Waals surface area contributed by atoms with E-state index in [0.29, 0.717) is 23.4 Å². The maximum absolute atomic E-state index is 13.1. The molecule has 5 atom stereocenters. The molecule has 0 aliphatic carbocycles. The number of carbonyl (C=O) groups is 2. The van der Waals surface area contributed by atoms with E-state index in [-0.39, 0.29) is 25.2 Å². The van der Waals surface area contributed by atoms with E-state index in [4.69, 9.17) is 20.0 Å². The summed E-state index contributed by atoms with van der Waals surface area (Å²) in [7, 11) is 5.37. The Bertz CT molecular complexity index is 1200. The number of hydroxylamine groups is 2. The van der Waals surface area contributed by atoms with Crippen molar-refractivity contribution < 1.29 is 34.1 Å². The molecule has 2 aliphatic rings. The number of nitrogens with zero attached hydrogens (tertiary/aromatic N) is 2. The third-order valence-corrected chi connectivity index (χ3v) is 7.55. The second kappa shape index (κ2) is 13.0. The molecule has 40 heavy (non-hydrogen) atoms. The minimum Gasteiger partial charge on any atom is -0.496 e. The Morgan fingerprint density at radius 3 is 2.65 bits per heavy atom. The number of methoxy groups -OCH3 is 1. The van der Waals surface area contributed by atoms with Crippen LogP contribution in [0.5, 0.6) is 5.75 Å². The average molecular weight is 557 g/mol. The Kier molecular flexibility index (Phi) is 9.64. The minimum absolute atomic E-state index is 0.0353. The van der Waals surface area contributed by atoms with Gasteiger partial charge in [0.15, 0.2) is 0 Å². The van der Waals surface area contributed by atoms with Crippen LogP contribution in [-0.2, 0) is 20.9 Å². The number of nitrogens with one attached hydrogen (secondary N) is 1. The number of nitrogens with two attached hydrogens (primary N) is 1. The highest BCUT2D eigenvalue weighted by atomic mass is 16.7. The van der Waals surface area contributed by atoms with Crippen molar-refractivity contribution in [2.45, 2.75) is 50.7 Å². The SMILES string of the molecule is COc1c(CN2O[C@@H](CO)[C@H]([C@H](C)O)[C@H]2C(N)=O)cccc1-c1cc(C(=O)NCC2CCCO2)cc(N(C)C)c1. The van der Waals surface area contributed by atoms with Crippen LogP contribution in [0.25, 0.3) is 11.1 Å². The Hall–Kier alpha value is -3.22. The zero-order chi connectivity index (χ0) is 29.0. The maximum Gasteiger partial charge on any atom is 0.251 e. The van der Waals surface area contributed by atoms with E-state index in [1.54, 1.807) is 14.0 Å². The molecule has 5 N–H and O–H groups in total. The van der Waals surface area contributed by atoms with Gasteiger partial charge in [-0.25, -0.2) is 0 Å². The average Bonchev–Trinajstić information content (AvgIpc) is 3.59. The topological polar surface area (TPSA) is 147 Å². The van der Waals surface area contributed by atoms with E-state index in [9.17, 15) is 19.8 Å². The number of aliphatic hydroxyl groups excluding tert-OH is 2. The molecule has 2 aromatic rings. The smallest absolute Gasteiger partial charge is 0.251 e. The van der Waals surface area contributed by atoms with Gasteiger partial charge in [0.05, 0.1) is 32.5 Å². The number of ether oxygens (including phenoxy) is 2. The Morgan fingerprint density at radius 2 is 2.05 bits per heavy atom. The number of anilines is 1. The standard InChI is InChI=1S/C29H40N4O7/c1-17(35)25-24(16-34)40-33(26(25)28(30)36)15-18-7-5-9-23(27(18)38-4)19-11-20(13-21(12-19)32(2)3)29(37)31-14-22-8-6-10-39-22/h5,7,9,11-13,17,22,24-26,34-35H,6,8,10,14-16H2,1-4H3,(H2,30,36)(H,31,37)/t17-,22?,24-,25-,26-/m0/s1. The zero-order valence-electron chi connectivity index (χ0n) is 23.5. The first-order chi connectivity index (χ1) is 19.1. The summed E-state index contributed by atoms with van der Waals surface area (Å²) >= 11 is 0. The molecule has 11 heteroatoms. The van der Waals surface area contributed by atoms with Crippen molar-refractivity contribution in [3.63, 3.8) is 0 Å². The van der Waals surface area contributed by atoms with E-state index >= 15 is 0 Å². The largest absolute Gasteiger partial charge is 0.496 e. The van der Waals surface area contributed by atoms with Gasteiger partial charge in [0, 0.05) is 55.5 Å². The first kappa shape index (κ1) is 29.8. The number of rotatable bonds is 11. The number of hydrogen-bond donors (Lipinski definition) is 4. The van der Waals surface area contributed by atoms with E-state index in [1.165, 1.54) is 5.06 Å². The number of benzene rings is 2. The predicted molar refractivity (Wildman–Crippen MR) is 150 cm³/mol. The van der Waals surface area contributed by atoms with Crippen LogP contribution in [-0.4, -0.2) is 92.4 Å². The molecule has 4 rings (SSSR count). The van der Waals surface area contributed by atoms with E-state index in [0.717, 1.165) is 36.3 Å². The lowest BCUT2D eigenvalue weighted by atomic mass is 9.89. The van der Waals surface area contributed by atoms with Crippen molar-refractivity contribution in [2.75, 3.05) is 45.9 Å². The molecule has 1 unspecified atom stereocenters. The van der Waals surface area contributed by atoms with Crippen molar-refractivity contribution in [3.8, 4) is 16.9 Å². The third kappa shape index (κ3) is 6.39. The molecule has 2 fully saturated rings. The highest BCUT2D eigenvalue weighted by Gasteiger charge is 2.48. The normalized spacial score (nSPS) is 23.6. The quantitative estimate of drug-likeness (QED) is 0.322. The molecule has 0 spiro atoms. The van der Waals surface area contributed by atoms with Gasteiger partial charge in [0.25, 0.3) is 5.91 Å². The van der Waals surface area contributed by atoms with Crippen molar-refractivity contribution in [1.29, 1.82) is 0 Å². The monoisotopic (exact) mass is 556 g/mol. The number of para-hydroxylation sites is 1. The van der Waals surface area contributed by atoms with E-state index in [1.807, 2.05) is 55.4 Å². The first-order valence-corrected chi connectivity index (χ1v) is 13.5. The fraction of sp³-hybridized carbons (Fsp3) is 0.517. The second-order valence-corrected chi connectivity index (χ2v) is 10.6. The van der Waals surface area contributed by atoms with Crippen LogP contribution >= 0.6 is 0 Å². The molecule has 11 nitrogen and oxygen atoms in total. The highest BCUT2D eigenvalue weighted by Crippen LogP contribution is 2.38. The van der Waals surface area contributed by atoms with Crippen LogP contribution in [0.15, 0.2) is 36.4 Å². The van der Waals surface area contributed by atoms with Gasteiger partial charge in [-0.05, 0) is 43.5 Å². The van der Waals surface area contributed by atoms with E-state index in [2.05, 4.69) is 5.32 Å². The molecule has 0 aromatic heterocycles. The summed E-state index contributed by atoms with van der Waals surface area (Å²) in [5.41, 5.74) is 9.27. The fourth-order valence-electron chi connectivity index (χ4n) is 5.52. The van der Waals surface area contributed by atoms with Gasteiger partial charge in [-0.3, -0.25) is 14.4 Å². The van der Waals surface area contributed by atoms with Gasteiger partial charge in [-0.15, -0.1) is 0 Å². The number of carbonyl (C=O) groups excluding carboxylic acids is 2.